The minimum atomic E-state index is -0.473. The van der Waals surface area contributed by atoms with E-state index in [2.05, 4.69) is 15.6 Å². The lowest BCUT2D eigenvalue weighted by Gasteiger charge is -2.10. The SMILES string of the molecule is Cc1ccc(C)c(N=C2NC(=O)[C@@H](CC(=O)Nc3cc(C)ccc3C)S2)c1. The third-order valence-corrected chi connectivity index (χ3v) is 5.48. The number of aliphatic imine (C=N–C) groups is 1. The van der Waals surface area contributed by atoms with Gasteiger partial charge in [-0.05, 0) is 62.1 Å². The number of hydrogen-bond acceptors (Lipinski definition) is 4. The standard InChI is InChI=1S/C21H23N3O2S/c1-12-5-7-14(3)16(9-12)22-19(25)11-18-20(26)24-21(27-18)23-17-10-13(2)6-8-15(17)4/h5-10,18H,11H2,1-4H3,(H,22,25)(H,23,24,26)/t18-/m1/s1. The summed E-state index contributed by atoms with van der Waals surface area (Å²) in [5.74, 6) is -0.357. The average molecular weight is 382 g/mol. The lowest BCUT2D eigenvalue weighted by Crippen LogP contribution is -2.28. The van der Waals surface area contributed by atoms with Crippen LogP contribution in [0.5, 0.6) is 0 Å². The first-order chi connectivity index (χ1) is 12.8. The Morgan fingerprint density at radius 1 is 1.07 bits per heavy atom. The molecule has 0 spiro atoms. The Bertz CT molecular complexity index is 937. The number of rotatable bonds is 4. The third kappa shape index (κ3) is 4.77. The molecule has 1 heterocycles. The molecule has 2 aromatic carbocycles. The van der Waals surface area contributed by atoms with E-state index >= 15 is 0 Å². The number of amidine groups is 1. The van der Waals surface area contributed by atoms with Gasteiger partial charge in [0.15, 0.2) is 5.17 Å². The zero-order valence-corrected chi connectivity index (χ0v) is 16.7. The highest BCUT2D eigenvalue weighted by atomic mass is 32.2. The summed E-state index contributed by atoms with van der Waals surface area (Å²) in [6, 6.07) is 11.9. The Labute approximate surface area is 163 Å². The molecule has 1 saturated heterocycles. The summed E-state index contributed by atoms with van der Waals surface area (Å²) in [4.78, 5) is 29.2. The molecule has 3 rings (SSSR count). The molecule has 2 N–H and O–H groups in total. The second-order valence-corrected chi connectivity index (χ2v) is 8.06. The summed E-state index contributed by atoms with van der Waals surface area (Å²) >= 11 is 1.30. The quantitative estimate of drug-likeness (QED) is 0.835. The van der Waals surface area contributed by atoms with Crippen molar-refractivity contribution in [2.75, 3.05) is 5.32 Å². The van der Waals surface area contributed by atoms with Crippen LogP contribution in [0.2, 0.25) is 0 Å². The summed E-state index contributed by atoms with van der Waals surface area (Å²) in [7, 11) is 0. The predicted molar refractivity (Wildman–Crippen MR) is 112 cm³/mol. The van der Waals surface area contributed by atoms with Crippen LogP contribution in [0, 0.1) is 27.7 Å². The van der Waals surface area contributed by atoms with Crippen LogP contribution in [-0.4, -0.2) is 22.2 Å². The van der Waals surface area contributed by atoms with Gasteiger partial charge in [0.25, 0.3) is 0 Å². The van der Waals surface area contributed by atoms with Crippen LogP contribution in [0.15, 0.2) is 41.4 Å². The molecular formula is C21H23N3O2S. The van der Waals surface area contributed by atoms with Crippen LogP contribution in [0.3, 0.4) is 0 Å². The molecule has 0 aliphatic carbocycles. The van der Waals surface area contributed by atoms with Crippen LogP contribution in [-0.2, 0) is 9.59 Å². The molecule has 1 fully saturated rings. The molecule has 0 aromatic heterocycles. The van der Waals surface area contributed by atoms with Gasteiger partial charge in [-0.2, -0.15) is 0 Å². The van der Waals surface area contributed by atoms with Gasteiger partial charge in [0, 0.05) is 12.1 Å². The monoisotopic (exact) mass is 381 g/mol. The lowest BCUT2D eigenvalue weighted by atomic mass is 10.1. The Hall–Kier alpha value is -2.60. The number of carbonyl (C=O) groups is 2. The largest absolute Gasteiger partial charge is 0.326 e. The summed E-state index contributed by atoms with van der Waals surface area (Å²) < 4.78 is 0. The van der Waals surface area contributed by atoms with Gasteiger partial charge in [0.2, 0.25) is 11.8 Å². The maximum atomic E-state index is 12.4. The number of benzene rings is 2. The molecule has 1 aliphatic rings. The minimum absolute atomic E-state index is 0.107. The van der Waals surface area contributed by atoms with Crippen molar-refractivity contribution in [3.05, 3.63) is 58.7 Å². The Balaban J connectivity index is 1.67. The highest BCUT2D eigenvalue weighted by molar-refractivity contribution is 8.15. The molecule has 5 nitrogen and oxygen atoms in total. The Morgan fingerprint density at radius 3 is 2.48 bits per heavy atom. The normalized spacial score (nSPS) is 17.9. The fraction of sp³-hybridized carbons (Fsp3) is 0.286. The van der Waals surface area contributed by atoms with E-state index < -0.39 is 5.25 Å². The van der Waals surface area contributed by atoms with E-state index in [4.69, 9.17) is 0 Å². The number of nitrogens with one attached hydrogen (secondary N) is 2. The van der Waals surface area contributed by atoms with Gasteiger partial charge in [0.1, 0.15) is 5.25 Å². The highest BCUT2D eigenvalue weighted by Gasteiger charge is 2.32. The predicted octanol–water partition coefficient (Wildman–Crippen LogP) is 4.17. The van der Waals surface area contributed by atoms with Crippen molar-refractivity contribution in [2.45, 2.75) is 39.4 Å². The number of anilines is 1. The first kappa shape index (κ1) is 19.2. The topological polar surface area (TPSA) is 70.6 Å². The number of aryl methyl sites for hydroxylation is 4. The molecule has 0 saturated carbocycles. The lowest BCUT2D eigenvalue weighted by molar-refractivity contribution is -0.122. The molecule has 1 aliphatic heterocycles. The van der Waals surface area contributed by atoms with Gasteiger partial charge in [-0.1, -0.05) is 36.0 Å². The van der Waals surface area contributed by atoms with E-state index in [1.165, 1.54) is 11.8 Å². The Kier molecular flexibility index (Phi) is 5.65. The third-order valence-electron chi connectivity index (χ3n) is 4.40. The second kappa shape index (κ2) is 7.96. The second-order valence-electron chi connectivity index (χ2n) is 6.87. The molecule has 6 heteroatoms. The molecule has 2 aromatic rings. The summed E-state index contributed by atoms with van der Waals surface area (Å²) in [6.07, 6.45) is 0.107. The van der Waals surface area contributed by atoms with E-state index in [0.717, 1.165) is 33.6 Å². The van der Waals surface area contributed by atoms with Crippen LogP contribution in [0.25, 0.3) is 0 Å². The fourth-order valence-corrected chi connectivity index (χ4v) is 3.76. The number of hydrogen-bond donors (Lipinski definition) is 2. The van der Waals surface area contributed by atoms with Crippen LogP contribution in [0.1, 0.15) is 28.7 Å². The Morgan fingerprint density at radius 2 is 1.74 bits per heavy atom. The molecule has 0 bridgehead atoms. The molecule has 2 amide bonds. The molecule has 140 valence electrons. The van der Waals surface area contributed by atoms with E-state index in [0.29, 0.717) is 5.17 Å². The fourth-order valence-electron chi connectivity index (χ4n) is 2.78. The molecular weight excluding hydrogens is 358 g/mol. The average Bonchev–Trinajstić information content (AvgIpc) is 2.93. The van der Waals surface area contributed by atoms with Crippen molar-refractivity contribution in [2.24, 2.45) is 4.99 Å². The number of carbonyl (C=O) groups excluding carboxylic acids is 2. The number of amides is 2. The van der Waals surface area contributed by atoms with E-state index in [9.17, 15) is 9.59 Å². The first-order valence-electron chi connectivity index (χ1n) is 8.82. The van der Waals surface area contributed by atoms with E-state index in [1.54, 1.807) is 0 Å². The highest BCUT2D eigenvalue weighted by Crippen LogP contribution is 2.28. The van der Waals surface area contributed by atoms with Gasteiger partial charge in [0.05, 0.1) is 5.69 Å². The van der Waals surface area contributed by atoms with Gasteiger partial charge in [-0.25, -0.2) is 4.99 Å². The zero-order chi connectivity index (χ0) is 19.6. The zero-order valence-electron chi connectivity index (χ0n) is 15.9. The van der Waals surface area contributed by atoms with Crippen LogP contribution < -0.4 is 10.6 Å². The first-order valence-corrected chi connectivity index (χ1v) is 9.70. The van der Waals surface area contributed by atoms with Gasteiger partial charge in [-0.3, -0.25) is 9.59 Å². The molecule has 27 heavy (non-hydrogen) atoms. The summed E-state index contributed by atoms with van der Waals surface area (Å²) in [5.41, 5.74) is 5.84. The van der Waals surface area contributed by atoms with Gasteiger partial charge in [-0.15, -0.1) is 0 Å². The van der Waals surface area contributed by atoms with Crippen molar-refractivity contribution < 1.29 is 9.59 Å². The van der Waals surface area contributed by atoms with Crippen LogP contribution >= 0.6 is 11.8 Å². The van der Waals surface area contributed by atoms with Crippen molar-refractivity contribution in [1.82, 2.24) is 5.32 Å². The number of thioether (sulfide) groups is 1. The van der Waals surface area contributed by atoms with Crippen LogP contribution in [0.4, 0.5) is 11.4 Å². The smallest absolute Gasteiger partial charge is 0.240 e. The molecule has 0 radical (unpaired) electrons. The van der Waals surface area contributed by atoms with Crippen molar-refractivity contribution in [1.29, 1.82) is 0 Å². The van der Waals surface area contributed by atoms with E-state index in [-0.39, 0.29) is 18.2 Å². The molecule has 0 unspecified atom stereocenters. The summed E-state index contributed by atoms with van der Waals surface area (Å²) in [6.45, 7) is 7.91. The minimum Gasteiger partial charge on any atom is -0.326 e. The van der Waals surface area contributed by atoms with Crippen molar-refractivity contribution in [3.8, 4) is 0 Å². The molecule has 1 atom stereocenters. The van der Waals surface area contributed by atoms with Gasteiger partial charge >= 0.3 is 0 Å². The van der Waals surface area contributed by atoms with Crippen molar-refractivity contribution in [3.63, 3.8) is 0 Å². The number of nitrogens with zero attached hydrogens (tertiary/aromatic N) is 1. The van der Waals surface area contributed by atoms with Crippen molar-refractivity contribution >= 4 is 40.1 Å². The maximum absolute atomic E-state index is 12.4. The van der Waals surface area contributed by atoms with Gasteiger partial charge < -0.3 is 10.6 Å². The van der Waals surface area contributed by atoms with E-state index in [1.807, 2.05) is 64.1 Å². The summed E-state index contributed by atoms with van der Waals surface area (Å²) in [5, 5.41) is 5.76. The maximum Gasteiger partial charge on any atom is 0.240 e.